The number of benzene rings is 1. The minimum atomic E-state index is -0.578. The molecule has 1 unspecified atom stereocenters. The molecule has 1 aromatic rings. The van der Waals surface area contributed by atoms with Gasteiger partial charge in [0.1, 0.15) is 5.60 Å². The van der Waals surface area contributed by atoms with E-state index in [0.29, 0.717) is 19.6 Å². The Morgan fingerprint density at radius 2 is 1.75 bits per heavy atom. The predicted octanol–water partition coefficient (Wildman–Crippen LogP) is 3.71. The zero-order valence-electron chi connectivity index (χ0n) is 15.3. The number of ketones is 1. The largest absolute Gasteiger partial charge is 0.444 e. The van der Waals surface area contributed by atoms with Crippen molar-refractivity contribution in [2.45, 2.75) is 59.3 Å². The molecule has 24 heavy (non-hydrogen) atoms. The highest BCUT2D eigenvalue weighted by Gasteiger charge is 2.22. The number of rotatable bonds is 8. The zero-order valence-corrected chi connectivity index (χ0v) is 15.3. The molecule has 0 saturated carbocycles. The number of hydrogen-bond acceptors (Lipinski definition) is 4. The topological polar surface area (TPSA) is 64.6 Å². The number of ether oxygens (including phenoxy) is 2. The number of carbonyl (C=O) groups excluding carboxylic acids is 2. The van der Waals surface area contributed by atoms with Crippen LogP contribution in [0.25, 0.3) is 0 Å². The lowest BCUT2D eigenvalue weighted by Gasteiger charge is -2.22. The molecule has 0 saturated heterocycles. The molecule has 0 aliphatic carbocycles. The third-order valence-electron chi connectivity index (χ3n) is 3.28. The second-order valence-corrected chi connectivity index (χ2v) is 7.14. The molecule has 2 atom stereocenters. The van der Waals surface area contributed by atoms with Crippen molar-refractivity contribution in [1.29, 1.82) is 0 Å². The van der Waals surface area contributed by atoms with Gasteiger partial charge >= 0.3 is 6.09 Å². The molecule has 1 N–H and O–H groups in total. The van der Waals surface area contributed by atoms with Crippen molar-refractivity contribution in [2.75, 3.05) is 6.61 Å². The van der Waals surface area contributed by atoms with Crippen molar-refractivity contribution in [3.8, 4) is 0 Å². The summed E-state index contributed by atoms with van der Waals surface area (Å²) in [6.07, 6.45) is -0.220. The molecular weight excluding hydrogens is 306 g/mol. The average Bonchev–Trinajstić information content (AvgIpc) is 2.46. The molecule has 0 heterocycles. The Hall–Kier alpha value is -1.88. The maximum atomic E-state index is 12.2. The second-order valence-electron chi connectivity index (χ2n) is 7.14. The third kappa shape index (κ3) is 8.67. The fourth-order valence-corrected chi connectivity index (χ4v) is 2.10. The normalized spacial score (nSPS) is 13.9. The Morgan fingerprint density at radius 1 is 1.12 bits per heavy atom. The highest BCUT2D eigenvalue weighted by atomic mass is 16.6. The SMILES string of the molecule is CC(COCc1ccccc1)CC(=O)[C@H](C)NC(=O)OC(C)(C)C. The molecule has 1 amide bonds. The van der Waals surface area contributed by atoms with Crippen LogP contribution in [0.1, 0.15) is 46.6 Å². The number of amides is 1. The first kappa shape index (κ1) is 20.2. The van der Waals surface area contributed by atoms with Crippen LogP contribution in [-0.4, -0.2) is 30.1 Å². The fourth-order valence-electron chi connectivity index (χ4n) is 2.10. The van der Waals surface area contributed by atoms with Crippen molar-refractivity contribution in [3.05, 3.63) is 35.9 Å². The number of carbonyl (C=O) groups is 2. The first-order chi connectivity index (χ1) is 11.2. The monoisotopic (exact) mass is 335 g/mol. The second kappa shape index (κ2) is 9.42. The molecule has 134 valence electrons. The summed E-state index contributed by atoms with van der Waals surface area (Å²) in [5, 5.41) is 2.57. The van der Waals surface area contributed by atoms with E-state index in [9.17, 15) is 9.59 Å². The first-order valence-corrected chi connectivity index (χ1v) is 8.31. The Morgan fingerprint density at radius 3 is 2.33 bits per heavy atom. The smallest absolute Gasteiger partial charge is 0.408 e. The van der Waals surface area contributed by atoms with Crippen molar-refractivity contribution in [3.63, 3.8) is 0 Å². The van der Waals surface area contributed by atoms with E-state index >= 15 is 0 Å². The van der Waals surface area contributed by atoms with Gasteiger partial charge in [0.25, 0.3) is 0 Å². The van der Waals surface area contributed by atoms with E-state index in [1.807, 2.05) is 37.3 Å². The summed E-state index contributed by atoms with van der Waals surface area (Å²) in [4.78, 5) is 23.8. The van der Waals surface area contributed by atoms with Crippen molar-refractivity contribution < 1.29 is 19.1 Å². The Labute approximate surface area is 144 Å². The number of alkyl carbamates (subject to hydrolysis) is 1. The van der Waals surface area contributed by atoms with Crippen LogP contribution in [0.2, 0.25) is 0 Å². The van der Waals surface area contributed by atoms with Crippen LogP contribution in [-0.2, 0) is 20.9 Å². The highest BCUT2D eigenvalue weighted by Crippen LogP contribution is 2.10. The van der Waals surface area contributed by atoms with E-state index in [0.717, 1.165) is 5.56 Å². The molecule has 0 aromatic heterocycles. The van der Waals surface area contributed by atoms with Crippen LogP contribution in [0.5, 0.6) is 0 Å². The highest BCUT2D eigenvalue weighted by molar-refractivity contribution is 5.87. The summed E-state index contributed by atoms with van der Waals surface area (Å²) in [5.41, 5.74) is 0.529. The summed E-state index contributed by atoms with van der Waals surface area (Å²) in [7, 11) is 0. The molecule has 0 radical (unpaired) electrons. The maximum Gasteiger partial charge on any atom is 0.408 e. The molecule has 0 fully saturated rings. The van der Waals surface area contributed by atoms with Crippen LogP contribution in [0.3, 0.4) is 0 Å². The molecular formula is C19H29NO4. The molecule has 5 heteroatoms. The lowest BCUT2D eigenvalue weighted by atomic mass is 10.0. The predicted molar refractivity (Wildman–Crippen MR) is 93.7 cm³/mol. The van der Waals surface area contributed by atoms with Gasteiger partial charge in [-0.2, -0.15) is 0 Å². The van der Waals surface area contributed by atoms with Gasteiger partial charge in [-0.25, -0.2) is 4.79 Å². The van der Waals surface area contributed by atoms with E-state index in [-0.39, 0.29) is 11.7 Å². The van der Waals surface area contributed by atoms with Crippen molar-refractivity contribution in [1.82, 2.24) is 5.32 Å². The first-order valence-electron chi connectivity index (χ1n) is 8.31. The Bertz CT molecular complexity index is 522. The van der Waals surface area contributed by atoms with Crippen LogP contribution >= 0.6 is 0 Å². The van der Waals surface area contributed by atoms with Gasteiger partial charge in [0.2, 0.25) is 0 Å². The summed E-state index contributed by atoms with van der Waals surface area (Å²) < 4.78 is 10.8. The van der Waals surface area contributed by atoms with Crippen LogP contribution in [0.15, 0.2) is 30.3 Å². The van der Waals surface area contributed by atoms with Gasteiger partial charge in [-0.1, -0.05) is 37.3 Å². The van der Waals surface area contributed by atoms with Gasteiger partial charge in [0.15, 0.2) is 5.78 Å². The lowest BCUT2D eigenvalue weighted by molar-refractivity contribution is -0.122. The summed E-state index contributed by atoms with van der Waals surface area (Å²) in [6.45, 7) is 10.0. The Kier molecular flexibility index (Phi) is 7.92. The van der Waals surface area contributed by atoms with Gasteiger partial charge in [-0.3, -0.25) is 4.79 Å². The van der Waals surface area contributed by atoms with E-state index < -0.39 is 17.7 Å². The van der Waals surface area contributed by atoms with Gasteiger partial charge in [-0.15, -0.1) is 0 Å². The quantitative estimate of drug-likeness (QED) is 0.786. The average molecular weight is 335 g/mol. The summed E-state index contributed by atoms with van der Waals surface area (Å²) in [6, 6.07) is 9.33. The molecule has 0 aliphatic heterocycles. The third-order valence-corrected chi connectivity index (χ3v) is 3.28. The Balaban J connectivity index is 2.28. The van der Waals surface area contributed by atoms with Gasteiger partial charge in [0, 0.05) is 13.0 Å². The van der Waals surface area contributed by atoms with Gasteiger partial charge < -0.3 is 14.8 Å². The number of Topliss-reactive ketones (excluding diaryl/α,β-unsaturated/α-hetero) is 1. The lowest BCUT2D eigenvalue weighted by Crippen LogP contribution is -2.42. The van der Waals surface area contributed by atoms with E-state index in [1.54, 1.807) is 27.7 Å². The molecule has 0 spiro atoms. The van der Waals surface area contributed by atoms with Crippen LogP contribution in [0.4, 0.5) is 4.79 Å². The minimum Gasteiger partial charge on any atom is -0.444 e. The molecule has 1 aromatic carbocycles. The maximum absolute atomic E-state index is 12.2. The van der Waals surface area contributed by atoms with E-state index in [1.165, 1.54) is 0 Å². The van der Waals surface area contributed by atoms with Crippen molar-refractivity contribution >= 4 is 11.9 Å². The molecule has 0 bridgehead atoms. The summed E-state index contributed by atoms with van der Waals surface area (Å²) >= 11 is 0. The minimum absolute atomic E-state index is 0.0309. The van der Waals surface area contributed by atoms with E-state index in [2.05, 4.69) is 5.32 Å². The van der Waals surface area contributed by atoms with Crippen molar-refractivity contribution in [2.24, 2.45) is 5.92 Å². The molecule has 5 nitrogen and oxygen atoms in total. The number of nitrogens with one attached hydrogen (secondary N) is 1. The van der Waals surface area contributed by atoms with Crippen LogP contribution in [0, 0.1) is 5.92 Å². The molecule has 0 aliphatic rings. The van der Waals surface area contributed by atoms with Crippen LogP contribution < -0.4 is 5.32 Å². The summed E-state index contributed by atoms with van der Waals surface area (Å²) in [5.74, 6) is 0.0563. The zero-order chi connectivity index (χ0) is 18.2. The standard InChI is InChI=1S/C19H29NO4/c1-14(12-23-13-16-9-7-6-8-10-16)11-17(21)15(2)20-18(22)24-19(3,4)5/h6-10,14-15H,11-13H2,1-5H3,(H,20,22)/t14?,15-/m0/s1. The number of hydrogen-bond donors (Lipinski definition) is 1. The fraction of sp³-hybridized carbons (Fsp3) is 0.579. The van der Waals surface area contributed by atoms with Gasteiger partial charge in [0.05, 0.1) is 12.6 Å². The van der Waals surface area contributed by atoms with E-state index in [4.69, 9.17) is 9.47 Å². The van der Waals surface area contributed by atoms with Gasteiger partial charge in [-0.05, 0) is 39.2 Å². The molecule has 1 rings (SSSR count).